The normalized spacial score (nSPS) is 14.4. The number of nitrogens with one attached hydrogen (secondary N) is 1. The Balaban J connectivity index is 1.48. The molecule has 0 saturated carbocycles. The third kappa shape index (κ3) is 4.96. The van der Waals surface area contributed by atoms with E-state index in [0.29, 0.717) is 36.8 Å². The van der Waals surface area contributed by atoms with Crippen molar-refractivity contribution in [2.45, 2.75) is 32.2 Å². The maximum Gasteiger partial charge on any atom is 0.273 e. The number of hydrogen-bond donors (Lipinski definition) is 1. The predicted octanol–water partition coefficient (Wildman–Crippen LogP) is 6.06. The van der Waals surface area contributed by atoms with Gasteiger partial charge in [-0.3, -0.25) is 9.89 Å². The van der Waals surface area contributed by atoms with Crippen molar-refractivity contribution < 1.29 is 19.0 Å². The summed E-state index contributed by atoms with van der Waals surface area (Å²) in [5.74, 6) is 2.14. The highest BCUT2D eigenvalue weighted by Crippen LogP contribution is 2.43. The SMILES string of the molecule is CCCCOc1ccc(C2c3c(-c4ccccc4)n[nH]c3C(=O)N2CCc2ccc(OC)c(OC)c2)cc1. The lowest BCUT2D eigenvalue weighted by Crippen LogP contribution is -2.31. The number of carbonyl (C=O) groups is 1. The molecule has 1 aliphatic heterocycles. The van der Waals surface area contributed by atoms with Gasteiger partial charge in [0.2, 0.25) is 0 Å². The maximum absolute atomic E-state index is 13.7. The molecule has 0 spiro atoms. The number of nitrogens with zero attached hydrogens (tertiary/aromatic N) is 2. The Morgan fingerprint density at radius 2 is 1.71 bits per heavy atom. The van der Waals surface area contributed by atoms with Crippen molar-refractivity contribution in [3.8, 4) is 28.5 Å². The second-order valence-electron chi connectivity index (χ2n) is 9.34. The van der Waals surface area contributed by atoms with Gasteiger partial charge in [-0.15, -0.1) is 0 Å². The second kappa shape index (κ2) is 11.4. The van der Waals surface area contributed by atoms with Crippen LogP contribution in [0.15, 0.2) is 72.8 Å². The zero-order valence-corrected chi connectivity index (χ0v) is 22.1. The molecule has 2 heterocycles. The Kier molecular flexibility index (Phi) is 7.63. The van der Waals surface area contributed by atoms with E-state index < -0.39 is 0 Å². The summed E-state index contributed by atoms with van der Waals surface area (Å²) in [4.78, 5) is 15.6. The summed E-state index contributed by atoms with van der Waals surface area (Å²) in [6.07, 6.45) is 2.77. The fourth-order valence-electron chi connectivity index (χ4n) is 4.96. The van der Waals surface area contributed by atoms with Gasteiger partial charge in [-0.1, -0.05) is 61.9 Å². The van der Waals surface area contributed by atoms with Crippen LogP contribution < -0.4 is 14.2 Å². The molecule has 0 aliphatic carbocycles. The molecule has 1 atom stereocenters. The number of aromatic amines is 1. The van der Waals surface area contributed by atoms with Crippen LogP contribution in [0.5, 0.6) is 17.2 Å². The van der Waals surface area contributed by atoms with Gasteiger partial charge in [-0.25, -0.2) is 0 Å². The van der Waals surface area contributed by atoms with Crippen LogP contribution in [0.2, 0.25) is 0 Å². The zero-order chi connectivity index (χ0) is 26.5. The standard InChI is InChI=1S/C31H33N3O4/c1-4-5-19-38-24-14-12-23(13-15-24)30-27-28(22-9-7-6-8-10-22)32-33-29(27)31(35)34(30)18-17-21-11-16-25(36-2)26(20-21)37-3/h6-16,20,30H,4-5,17-19H2,1-3H3,(H,32,33). The summed E-state index contributed by atoms with van der Waals surface area (Å²) < 4.78 is 16.7. The summed E-state index contributed by atoms with van der Waals surface area (Å²) >= 11 is 0. The number of ether oxygens (including phenoxy) is 3. The first-order valence-corrected chi connectivity index (χ1v) is 13.0. The van der Waals surface area contributed by atoms with Crippen molar-refractivity contribution in [1.82, 2.24) is 15.1 Å². The van der Waals surface area contributed by atoms with E-state index in [0.717, 1.165) is 46.5 Å². The van der Waals surface area contributed by atoms with Gasteiger partial charge in [0, 0.05) is 17.7 Å². The molecule has 7 nitrogen and oxygen atoms in total. The minimum absolute atomic E-state index is 0.0524. The van der Waals surface area contributed by atoms with Gasteiger partial charge in [-0.05, 0) is 48.2 Å². The number of methoxy groups -OCH3 is 2. The number of aromatic nitrogens is 2. The highest BCUT2D eigenvalue weighted by atomic mass is 16.5. The lowest BCUT2D eigenvalue weighted by Gasteiger charge is -2.27. The third-order valence-corrected chi connectivity index (χ3v) is 6.96. The number of rotatable bonds is 11. The van der Waals surface area contributed by atoms with Gasteiger partial charge in [0.05, 0.1) is 32.6 Å². The number of benzene rings is 3. The Hall–Kier alpha value is -4.26. The molecule has 7 heteroatoms. The first-order chi connectivity index (χ1) is 18.6. The van der Waals surface area contributed by atoms with Gasteiger partial charge in [0.25, 0.3) is 5.91 Å². The number of H-pyrrole nitrogens is 1. The van der Waals surface area contributed by atoms with Crippen LogP contribution in [0, 0.1) is 0 Å². The fraction of sp³-hybridized carbons (Fsp3) is 0.290. The molecule has 1 aliphatic rings. The van der Waals surface area contributed by atoms with Crippen molar-refractivity contribution >= 4 is 5.91 Å². The van der Waals surface area contributed by atoms with Gasteiger partial charge in [0.15, 0.2) is 11.5 Å². The molecule has 1 amide bonds. The van der Waals surface area contributed by atoms with Crippen LogP contribution in [0.3, 0.4) is 0 Å². The summed E-state index contributed by atoms with van der Waals surface area (Å²) in [6.45, 7) is 3.37. The van der Waals surface area contributed by atoms with Crippen LogP contribution in [-0.2, 0) is 6.42 Å². The molecular weight excluding hydrogens is 478 g/mol. The molecular formula is C31H33N3O4. The van der Waals surface area contributed by atoms with Crippen molar-refractivity contribution in [2.24, 2.45) is 0 Å². The van der Waals surface area contributed by atoms with Crippen LogP contribution >= 0.6 is 0 Å². The monoisotopic (exact) mass is 511 g/mol. The smallest absolute Gasteiger partial charge is 0.273 e. The van der Waals surface area contributed by atoms with E-state index in [-0.39, 0.29) is 11.9 Å². The number of hydrogen-bond acceptors (Lipinski definition) is 5. The van der Waals surface area contributed by atoms with Gasteiger partial charge >= 0.3 is 0 Å². The Bertz CT molecular complexity index is 1380. The molecule has 0 saturated heterocycles. The average molecular weight is 512 g/mol. The van der Waals surface area contributed by atoms with Crippen LogP contribution in [0.1, 0.15) is 53.0 Å². The lowest BCUT2D eigenvalue weighted by molar-refractivity contribution is 0.0746. The molecule has 38 heavy (non-hydrogen) atoms. The Labute approximate surface area is 223 Å². The minimum atomic E-state index is -0.267. The van der Waals surface area contributed by atoms with E-state index in [2.05, 4.69) is 29.3 Å². The molecule has 0 radical (unpaired) electrons. The Morgan fingerprint density at radius 3 is 2.42 bits per heavy atom. The van der Waals surface area contributed by atoms with E-state index in [1.807, 2.05) is 65.6 Å². The predicted molar refractivity (Wildman–Crippen MR) is 147 cm³/mol. The van der Waals surface area contributed by atoms with Crippen molar-refractivity contribution in [3.63, 3.8) is 0 Å². The van der Waals surface area contributed by atoms with E-state index in [1.165, 1.54) is 0 Å². The highest BCUT2D eigenvalue weighted by Gasteiger charge is 2.41. The summed E-state index contributed by atoms with van der Waals surface area (Å²) in [5, 5.41) is 7.61. The maximum atomic E-state index is 13.7. The van der Waals surface area contributed by atoms with E-state index >= 15 is 0 Å². The van der Waals surface area contributed by atoms with Crippen LogP contribution in [-0.4, -0.2) is 48.4 Å². The molecule has 1 unspecified atom stereocenters. The summed E-state index contributed by atoms with van der Waals surface area (Å²) in [7, 11) is 3.25. The first-order valence-electron chi connectivity index (χ1n) is 13.0. The number of carbonyl (C=O) groups excluding carboxylic acids is 1. The van der Waals surface area contributed by atoms with E-state index in [9.17, 15) is 4.79 Å². The molecule has 196 valence electrons. The van der Waals surface area contributed by atoms with Gasteiger partial charge < -0.3 is 19.1 Å². The lowest BCUT2D eigenvalue weighted by atomic mass is 9.96. The van der Waals surface area contributed by atoms with Crippen molar-refractivity contribution in [3.05, 3.63) is 95.2 Å². The molecule has 1 N–H and O–H groups in total. The van der Waals surface area contributed by atoms with Gasteiger partial charge in [-0.2, -0.15) is 5.10 Å². The fourth-order valence-corrected chi connectivity index (χ4v) is 4.96. The molecule has 4 aromatic rings. The zero-order valence-electron chi connectivity index (χ0n) is 22.1. The third-order valence-electron chi connectivity index (χ3n) is 6.96. The van der Waals surface area contributed by atoms with E-state index in [4.69, 9.17) is 14.2 Å². The molecule has 0 bridgehead atoms. The number of fused-ring (bicyclic) bond motifs is 1. The summed E-state index contributed by atoms with van der Waals surface area (Å²) in [6, 6.07) is 23.7. The summed E-state index contributed by atoms with van der Waals surface area (Å²) in [5.41, 5.74) is 5.31. The molecule has 5 rings (SSSR count). The van der Waals surface area contributed by atoms with E-state index in [1.54, 1.807) is 14.2 Å². The average Bonchev–Trinajstić information content (AvgIpc) is 3.51. The molecule has 0 fully saturated rings. The van der Waals surface area contributed by atoms with Gasteiger partial charge in [0.1, 0.15) is 11.4 Å². The van der Waals surface area contributed by atoms with Crippen LogP contribution in [0.25, 0.3) is 11.3 Å². The van der Waals surface area contributed by atoms with Crippen LogP contribution in [0.4, 0.5) is 0 Å². The molecule has 3 aromatic carbocycles. The highest BCUT2D eigenvalue weighted by molar-refractivity contribution is 6.00. The largest absolute Gasteiger partial charge is 0.494 e. The number of unbranched alkanes of at least 4 members (excludes halogenated alkanes) is 1. The first kappa shape index (κ1) is 25.4. The molecule has 1 aromatic heterocycles. The Morgan fingerprint density at radius 1 is 0.947 bits per heavy atom. The van der Waals surface area contributed by atoms with Crippen molar-refractivity contribution in [1.29, 1.82) is 0 Å². The minimum Gasteiger partial charge on any atom is -0.494 e. The quantitative estimate of drug-likeness (QED) is 0.248. The van der Waals surface area contributed by atoms with Crippen molar-refractivity contribution in [2.75, 3.05) is 27.4 Å². The second-order valence-corrected chi connectivity index (χ2v) is 9.34. The topological polar surface area (TPSA) is 76.7 Å². The number of amides is 1.